The Morgan fingerprint density at radius 1 is 1.06 bits per heavy atom. The third-order valence-corrected chi connectivity index (χ3v) is 4.83. The first-order valence-electron chi connectivity index (χ1n) is 10.4. The Balaban J connectivity index is 1.64. The molecule has 174 valence electrons. The van der Waals surface area contributed by atoms with E-state index in [1.54, 1.807) is 31.3 Å². The number of amides is 1. The van der Waals surface area contributed by atoms with Gasteiger partial charge in [0.25, 0.3) is 5.91 Å². The summed E-state index contributed by atoms with van der Waals surface area (Å²) in [5.74, 6) is 1.29. The van der Waals surface area contributed by atoms with Gasteiger partial charge >= 0.3 is 5.69 Å². The van der Waals surface area contributed by atoms with Crippen LogP contribution in [0.5, 0.6) is 17.2 Å². The summed E-state index contributed by atoms with van der Waals surface area (Å²) in [5.41, 5.74) is 1.13. The van der Waals surface area contributed by atoms with Crippen molar-refractivity contribution >= 4 is 17.3 Å². The van der Waals surface area contributed by atoms with Gasteiger partial charge in [0, 0.05) is 12.7 Å². The minimum Gasteiger partial charge on any atom is -0.490 e. The van der Waals surface area contributed by atoms with Gasteiger partial charge in [0.05, 0.1) is 18.1 Å². The third-order valence-electron chi connectivity index (χ3n) is 4.83. The summed E-state index contributed by atoms with van der Waals surface area (Å²) in [7, 11) is 1.55. The van der Waals surface area contributed by atoms with Crippen molar-refractivity contribution in [3.05, 3.63) is 69.5 Å². The lowest BCUT2D eigenvalue weighted by Crippen LogP contribution is -2.14. The topological polar surface area (TPSA) is 118 Å². The number of aryl methyl sites for hydroxylation is 1. The van der Waals surface area contributed by atoms with Crippen LogP contribution in [0.1, 0.15) is 35.6 Å². The highest BCUT2D eigenvalue weighted by molar-refractivity contribution is 6.05. The van der Waals surface area contributed by atoms with Crippen molar-refractivity contribution in [2.75, 3.05) is 18.5 Å². The molecule has 1 amide bonds. The van der Waals surface area contributed by atoms with Crippen molar-refractivity contribution < 1.29 is 23.9 Å². The molecule has 0 aliphatic rings. The van der Waals surface area contributed by atoms with Crippen molar-refractivity contribution in [1.82, 2.24) is 9.78 Å². The van der Waals surface area contributed by atoms with Crippen LogP contribution < -0.4 is 19.5 Å². The molecule has 2 aromatic carbocycles. The van der Waals surface area contributed by atoms with Gasteiger partial charge in [-0.05, 0) is 62.7 Å². The van der Waals surface area contributed by atoms with Crippen molar-refractivity contribution in [1.29, 1.82) is 0 Å². The van der Waals surface area contributed by atoms with Gasteiger partial charge in [-0.15, -0.1) is 0 Å². The second-order valence-electron chi connectivity index (χ2n) is 7.08. The molecule has 1 aromatic heterocycles. The number of nitro groups is 1. The van der Waals surface area contributed by atoms with Crippen LogP contribution in [-0.2, 0) is 13.7 Å². The van der Waals surface area contributed by atoms with E-state index in [-0.39, 0.29) is 11.4 Å². The van der Waals surface area contributed by atoms with Gasteiger partial charge in [0.2, 0.25) is 5.69 Å². The largest absolute Gasteiger partial charge is 0.490 e. The second-order valence-corrected chi connectivity index (χ2v) is 7.08. The maximum atomic E-state index is 12.5. The van der Waals surface area contributed by atoms with E-state index in [1.165, 1.54) is 11.6 Å². The minimum atomic E-state index is -0.656. The summed E-state index contributed by atoms with van der Waals surface area (Å²) >= 11 is 0. The average molecular weight is 454 g/mol. The molecule has 0 unspecified atom stereocenters. The molecule has 0 bridgehead atoms. The molecule has 1 N–H and O–H groups in total. The molecule has 10 nitrogen and oxygen atoms in total. The Bertz CT molecular complexity index is 1140. The molecule has 33 heavy (non-hydrogen) atoms. The van der Waals surface area contributed by atoms with Gasteiger partial charge < -0.3 is 19.5 Å². The number of hydrogen-bond acceptors (Lipinski definition) is 7. The Morgan fingerprint density at radius 2 is 1.73 bits per heavy atom. The molecule has 0 aliphatic heterocycles. The number of carbonyl (C=O) groups excluding carboxylic acids is 1. The monoisotopic (exact) mass is 454 g/mol. The van der Waals surface area contributed by atoms with Crippen LogP contribution in [-0.4, -0.2) is 33.8 Å². The van der Waals surface area contributed by atoms with Gasteiger partial charge in [-0.3, -0.25) is 19.6 Å². The predicted molar refractivity (Wildman–Crippen MR) is 122 cm³/mol. The fourth-order valence-electron chi connectivity index (χ4n) is 3.15. The fraction of sp³-hybridized carbons (Fsp3) is 0.304. The zero-order valence-corrected chi connectivity index (χ0v) is 19.0. The SMILES string of the molecule is CCOc1ccc(COc2ccc(NC(=O)c3nn(C)c(C)c3[N+](=O)[O-])cc2)cc1OCC. The normalized spacial score (nSPS) is 10.5. The van der Waals surface area contributed by atoms with E-state index in [0.29, 0.717) is 48.5 Å². The van der Waals surface area contributed by atoms with Crippen molar-refractivity contribution in [2.45, 2.75) is 27.4 Å². The van der Waals surface area contributed by atoms with E-state index in [1.807, 2.05) is 32.0 Å². The van der Waals surface area contributed by atoms with Gasteiger partial charge in [0.1, 0.15) is 18.1 Å². The number of nitrogens with zero attached hydrogens (tertiary/aromatic N) is 3. The molecule has 0 saturated carbocycles. The minimum absolute atomic E-state index is 0.235. The molecule has 3 rings (SSSR count). The Labute approximate surface area is 191 Å². The molecule has 0 fully saturated rings. The lowest BCUT2D eigenvalue weighted by atomic mass is 10.2. The molecule has 0 spiro atoms. The number of benzene rings is 2. The summed E-state index contributed by atoms with van der Waals surface area (Å²) in [4.78, 5) is 23.2. The van der Waals surface area contributed by atoms with Gasteiger partial charge in [0.15, 0.2) is 11.5 Å². The average Bonchev–Trinajstić information content (AvgIpc) is 3.10. The lowest BCUT2D eigenvalue weighted by molar-refractivity contribution is -0.385. The molecule has 1 heterocycles. The molecule has 0 radical (unpaired) electrons. The molecular weight excluding hydrogens is 428 g/mol. The van der Waals surface area contributed by atoms with E-state index in [4.69, 9.17) is 14.2 Å². The van der Waals surface area contributed by atoms with E-state index in [9.17, 15) is 14.9 Å². The second kappa shape index (κ2) is 10.5. The fourth-order valence-corrected chi connectivity index (χ4v) is 3.15. The predicted octanol–water partition coefficient (Wildman–Crippen LogP) is 4.27. The highest BCUT2D eigenvalue weighted by atomic mass is 16.6. The van der Waals surface area contributed by atoms with E-state index >= 15 is 0 Å². The summed E-state index contributed by atoms with van der Waals surface area (Å²) in [6.07, 6.45) is 0. The summed E-state index contributed by atoms with van der Waals surface area (Å²) in [6, 6.07) is 12.3. The Hall–Kier alpha value is -4.08. The highest BCUT2D eigenvalue weighted by Crippen LogP contribution is 2.29. The zero-order chi connectivity index (χ0) is 24.0. The van der Waals surface area contributed by atoms with Crippen LogP contribution in [0.25, 0.3) is 0 Å². The number of hydrogen-bond donors (Lipinski definition) is 1. The quantitative estimate of drug-likeness (QED) is 0.359. The van der Waals surface area contributed by atoms with Gasteiger partial charge in [-0.1, -0.05) is 6.07 Å². The van der Waals surface area contributed by atoms with Crippen LogP contribution in [0.4, 0.5) is 11.4 Å². The number of nitrogens with one attached hydrogen (secondary N) is 1. The first-order valence-corrected chi connectivity index (χ1v) is 10.4. The molecular formula is C23H26N4O6. The summed E-state index contributed by atoms with van der Waals surface area (Å²) in [6.45, 7) is 6.75. The molecule has 10 heteroatoms. The molecule has 0 saturated heterocycles. The van der Waals surface area contributed by atoms with Crippen LogP contribution in [0, 0.1) is 17.0 Å². The smallest absolute Gasteiger partial charge is 0.322 e. The Morgan fingerprint density at radius 3 is 2.36 bits per heavy atom. The molecule has 0 aliphatic carbocycles. The van der Waals surface area contributed by atoms with Crippen LogP contribution >= 0.6 is 0 Å². The maximum Gasteiger partial charge on any atom is 0.322 e. The third kappa shape index (κ3) is 5.59. The molecule has 0 atom stereocenters. The standard InChI is InChI=1S/C23H26N4O6/c1-5-31-19-12-7-16(13-20(19)32-6-2)14-33-18-10-8-17(9-11-18)24-23(28)21-22(27(29)30)15(3)26(4)25-21/h7-13H,5-6,14H2,1-4H3,(H,24,28). The number of carbonyl (C=O) groups is 1. The van der Waals surface area contributed by atoms with E-state index in [0.717, 1.165) is 5.56 Å². The zero-order valence-electron chi connectivity index (χ0n) is 19.0. The van der Waals surface area contributed by atoms with Crippen LogP contribution in [0.3, 0.4) is 0 Å². The Kier molecular flexibility index (Phi) is 7.50. The first-order chi connectivity index (χ1) is 15.8. The summed E-state index contributed by atoms with van der Waals surface area (Å²) in [5, 5.41) is 17.9. The number of aromatic nitrogens is 2. The number of rotatable bonds is 10. The summed E-state index contributed by atoms with van der Waals surface area (Å²) < 4.78 is 18.3. The van der Waals surface area contributed by atoms with Crippen LogP contribution in [0.2, 0.25) is 0 Å². The highest BCUT2D eigenvalue weighted by Gasteiger charge is 2.28. The van der Waals surface area contributed by atoms with Crippen molar-refractivity contribution in [3.63, 3.8) is 0 Å². The van der Waals surface area contributed by atoms with Crippen molar-refractivity contribution in [2.24, 2.45) is 7.05 Å². The number of anilines is 1. The van der Waals surface area contributed by atoms with E-state index in [2.05, 4.69) is 10.4 Å². The lowest BCUT2D eigenvalue weighted by Gasteiger charge is -2.13. The molecule has 3 aromatic rings. The maximum absolute atomic E-state index is 12.5. The van der Waals surface area contributed by atoms with Gasteiger partial charge in [-0.2, -0.15) is 5.10 Å². The van der Waals surface area contributed by atoms with E-state index < -0.39 is 10.8 Å². The van der Waals surface area contributed by atoms with Crippen LogP contribution in [0.15, 0.2) is 42.5 Å². The first kappa shape index (κ1) is 23.6. The van der Waals surface area contributed by atoms with Gasteiger partial charge in [-0.25, -0.2) is 0 Å². The van der Waals surface area contributed by atoms with Crippen molar-refractivity contribution in [3.8, 4) is 17.2 Å². The number of ether oxygens (including phenoxy) is 3.